The number of urea groups is 1. The molecule has 0 spiro atoms. The van der Waals surface area contributed by atoms with E-state index in [1.165, 1.54) is 17.6 Å². The van der Waals surface area contributed by atoms with E-state index in [1.807, 2.05) is 22.4 Å². The van der Waals surface area contributed by atoms with Gasteiger partial charge in [0.05, 0.1) is 36.5 Å². The van der Waals surface area contributed by atoms with Crippen molar-refractivity contribution in [3.8, 4) is 10.8 Å². The molecule has 0 bridgehead atoms. The lowest BCUT2D eigenvalue weighted by Gasteiger charge is -2.30. The molecule has 12 heteroatoms. The zero-order valence-electron chi connectivity index (χ0n) is 18.8. The number of aromatic nitrogens is 2. The number of carbonyl (C=O) groups excluding carboxylic acids is 2. The van der Waals surface area contributed by atoms with Crippen LogP contribution < -0.4 is 10.6 Å². The molecule has 0 saturated heterocycles. The van der Waals surface area contributed by atoms with Gasteiger partial charge in [-0.3, -0.25) is 4.90 Å². The van der Waals surface area contributed by atoms with Crippen molar-refractivity contribution in [1.29, 1.82) is 0 Å². The highest BCUT2D eigenvalue weighted by Crippen LogP contribution is 2.29. The smallest absolute Gasteiger partial charge is 0.338 e. The molecule has 0 aliphatic carbocycles. The van der Waals surface area contributed by atoms with Crippen LogP contribution in [0, 0.1) is 0 Å². The molecule has 34 heavy (non-hydrogen) atoms. The second-order valence-electron chi connectivity index (χ2n) is 7.34. The minimum Gasteiger partial charge on any atom is -0.467 e. The van der Waals surface area contributed by atoms with Gasteiger partial charge in [0.25, 0.3) is 5.89 Å². The van der Waals surface area contributed by atoms with Crippen molar-refractivity contribution in [3.63, 3.8) is 0 Å². The Balaban J connectivity index is 1.62. The number of hydrogen-bond acceptors (Lipinski definition) is 10. The largest absolute Gasteiger partial charge is 0.467 e. The van der Waals surface area contributed by atoms with Gasteiger partial charge in [-0.2, -0.15) is 0 Å². The first-order chi connectivity index (χ1) is 16.6. The molecule has 1 aliphatic rings. The van der Waals surface area contributed by atoms with Crippen molar-refractivity contribution in [3.05, 3.63) is 58.8 Å². The van der Waals surface area contributed by atoms with E-state index >= 15 is 0 Å². The summed E-state index contributed by atoms with van der Waals surface area (Å²) in [5, 5.41) is 15.7. The number of nitrogens with one attached hydrogen (secondary N) is 2. The monoisotopic (exact) mass is 487 g/mol. The molecule has 4 rings (SSSR count). The van der Waals surface area contributed by atoms with E-state index in [9.17, 15) is 9.59 Å². The molecule has 4 heterocycles. The predicted octanol–water partition coefficient (Wildman–Crippen LogP) is 2.71. The fourth-order valence-corrected chi connectivity index (χ4v) is 4.17. The molecule has 0 unspecified atom stereocenters. The van der Waals surface area contributed by atoms with Gasteiger partial charge in [-0.15, -0.1) is 21.5 Å². The lowest BCUT2D eigenvalue weighted by Crippen LogP contribution is -2.48. The van der Waals surface area contributed by atoms with E-state index in [0.717, 1.165) is 4.88 Å². The number of furan rings is 1. The third kappa shape index (κ3) is 5.53. The number of rotatable bonds is 11. The van der Waals surface area contributed by atoms with Crippen LogP contribution in [-0.4, -0.2) is 60.5 Å². The van der Waals surface area contributed by atoms with Crippen LogP contribution in [0.5, 0.6) is 0 Å². The maximum absolute atomic E-state index is 12.9. The van der Waals surface area contributed by atoms with Crippen molar-refractivity contribution >= 4 is 23.3 Å². The Bertz CT molecular complexity index is 1120. The molecule has 0 saturated carbocycles. The van der Waals surface area contributed by atoms with Crippen LogP contribution in [0.4, 0.5) is 4.79 Å². The van der Waals surface area contributed by atoms with E-state index in [1.54, 1.807) is 26.2 Å². The van der Waals surface area contributed by atoms with Gasteiger partial charge in [0.15, 0.2) is 0 Å². The lowest BCUT2D eigenvalue weighted by atomic mass is 10.00. The third-order valence-electron chi connectivity index (χ3n) is 5.03. The fourth-order valence-electron chi connectivity index (χ4n) is 3.53. The van der Waals surface area contributed by atoms with Crippen LogP contribution >= 0.6 is 11.3 Å². The van der Waals surface area contributed by atoms with Gasteiger partial charge in [0.1, 0.15) is 11.8 Å². The fraction of sp³-hybridized carbons (Fsp3) is 0.364. The SMILES string of the molecule is CCOC(=O)C1=C(CN(CCOC)Cc2nnc(-c3cccs3)o2)NC(=O)N[C@H]1c1ccco1. The Morgan fingerprint density at radius 1 is 1.26 bits per heavy atom. The summed E-state index contributed by atoms with van der Waals surface area (Å²) in [7, 11) is 1.60. The highest BCUT2D eigenvalue weighted by atomic mass is 32.1. The highest BCUT2D eigenvalue weighted by molar-refractivity contribution is 7.13. The Morgan fingerprint density at radius 3 is 2.85 bits per heavy atom. The molecule has 0 aromatic carbocycles. The first-order valence-corrected chi connectivity index (χ1v) is 11.6. The van der Waals surface area contributed by atoms with Crippen LogP contribution in [0.15, 0.2) is 56.0 Å². The Morgan fingerprint density at radius 2 is 2.15 bits per heavy atom. The molecule has 1 atom stereocenters. The summed E-state index contributed by atoms with van der Waals surface area (Å²) in [5.41, 5.74) is 0.668. The van der Waals surface area contributed by atoms with Gasteiger partial charge in [-0.25, -0.2) is 9.59 Å². The molecule has 180 valence electrons. The van der Waals surface area contributed by atoms with Crippen molar-refractivity contribution in [2.24, 2.45) is 0 Å². The lowest BCUT2D eigenvalue weighted by molar-refractivity contribution is -0.139. The summed E-state index contributed by atoms with van der Waals surface area (Å²) in [6, 6.07) is 5.97. The van der Waals surface area contributed by atoms with E-state index in [4.69, 9.17) is 18.3 Å². The van der Waals surface area contributed by atoms with Crippen LogP contribution in [0.1, 0.15) is 24.6 Å². The molecule has 0 fully saturated rings. The van der Waals surface area contributed by atoms with Crippen molar-refractivity contribution < 1.29 is 27.9 Å². The maximum atomic E-state index is 12.9. The normalized spacial score (nSPS) is 16.0. The summed E-state index contributed by atoms with van der Waals surface area (Å²) in [6.07, 6.45) is 1.48. The molecule has 3 aromatic heterocycles. The summed E-state index contributed by atoms with van der Waals surface area (Å²) in [5.74, 6) is 0.726. The third-order valence-corrected chi connectivity index (χ3v) is 5.89. The topological polar surface area (TPSA) is 132 Å². The molecule has 2 N–H and O–H groups in total. The number of methoxy groups -OCH3 is 1. The summed E-state index contributed by atoms with van der Waals surface area (Å²) >= 11 is 1.51. The van der Waals surface area contributed by atoms with Gasteiger partial charge in [0, 0.05) is 25.9 Å². The molecule has 3 aromatic rings. The molecule has 1 aliphatic heterocycles. The number of esters is 1. The van der Waals surface area contributed by atoms with Crippen LogP contribution in [-0.2, 0) is 20.8 Å². The van der Waals surface area contributed by atoms with Crippen molar-refractivity contribution in [2.75, 3.05) is 33.4 Å². The number of nitrogens with zero attached hydrogens (tertiary/aromatic N) is 3. The van der Waals surface area contributed by atoms with E-state index in [2.05, 4.69) is 20.8 Å². The van der Waals surface area contributed by atoms with Gasteiger partial charge in [0.2, 0.25) is 5.89 Å². The number of thiophene rings is 1. The summed E-state index contributed by atoms with van der Waals surface area (Å²) < 4.78 is 21.8. The van der Waals surface area contributed by atoms with Gasteiger partial charge >= 0.3 is 12.0 Å². The Hall–Kier alpha value is -3.48. The van der Waals surface area contributed by atoms with Crippen LogP contribution in [0.25, 0.3) is 10.8 Å². The zero-order chi connectivity index (χ0) is 23.9. The molecule has 2 amide bonds. The Kier molecular flexibility index (Phi) is 7.72. The quantitative estimate of drug-likeness (QED) is 0.392. The Labute approximate surface area is 199 Å². The first kappa shape index (κ1) is 23.7. The second kappa shape index (κ2) is 11.1. The minimum atomic E-state index is -0.782. The number of carbonyl (C=O) groups is 2. The zero-order valence-corrected chi connectivity index (χ0v) is 19.6. The van der Waals surface area contributed by atoms with E-state index in [-0.39, 0.29) is 25.3 Å². The van der Waals surface area contributed by atoms with E-state index < -0.39 is 18.0 Å². The second-order valence-corrected chi connectivity index (χ2v) is 8.29. The molecule has 11 nitrogen and oxygen atoms in total. The summed E-state index contributed by atoms with van der Waals surface area (Å²) in [6.45, 7) is 3.31. The van der Waals surface area contributed by atoms with Crippen molar-refractivity contribution in [1.82, 2.24) is 25.7 Å². The highest BCUT2D eigenvalue weighted by Gasteiger charge is 2.36. The molecular weight excluding hydrogens is 462 g/mol. The average Bonchev–Trinajstić information content (AvgIpc) is 3.60. The first-order valence-electron chi connectivity index (χ1n) is 10.7. The molecule has 0 radical (unpaired) electrons. The number of ether oxygens (including phenoxy) is 2. The van der Waals surface area contributed by atoms with Crippen LogP contribution in [0.3, 0.4) is 0 Å². The van der Waals surface area contributed by atoms with Gasteiger partial charge < -0.3 is 28.9 Å². The van der Waals surface area contributed by atoms with E-state index in [0.29, 0.717) is 36.4 Å². The van der Waals surface area contributed by atoms with Gasteiger partial charge in [-0.05, 0) is 30.5 Å². The standard InChI is InChI=1S/C22H25N5O6S/c1-3-31-21(28)18-14(23-22(29)24-19(18)15-6-4-9-32-15)12-27(8-10-30-2)13-17-25-26-20(33-17)16-7-5-11-34-16/h4-7,9,11,19H,3,8,10,12-13H2,1-2H3,(H2,23,24,29)/t19-/m0/s1. The minimum absolute atomic E-state index is 0.190. The van der Waals surface area contributed by atoms with Crippen molar-refractivity contribution in [2.45, 2.75) is 19.5 Å². The van der Waals surface area contributed by atoms with Crippen LogP contribution in [0.2, 0.25) is 0 Å². The molecular formula is C22H25N5O6S. The number of hydrogen-bond donors (Lipinski definition) is 2. The number of amides is 2. The average molecular weight is 488 g/mol. The maximum Gasteiger partial charge on any atom is 0.338 e. The summed E-state index contributed by atoms with van der Waals surface area (Å²) in [4.78, 5) is 28.2. The van der Waals surface area contributed by atoms with Gasteiger partial charge in [-0.1, -0.05) is 6.07 Å². The predicted molar refractivity (Wildman–Crippen MR) is 122 cm³/mol.